The van der Waals surface area contributed by atoms with Gasteiger partial charge in [-0.15, -0.1) is 11.3 Å². The molecule has 0 radical (unpaired) electrons. The second kappa shape index (κ2) is 7.11. The maximum absolute atomic E-state index is 12.2. The number of likely N-dealkylation sites (N-methyl/N-ethyl adjacent to an activating group) is 1. The third kappa shape index (κ3) is 3.87. The van der Waals surface area contributed by atoms with Crippen LogP contribution >= 0.6 is 57.1 Å². The molecule has 0 N–H and O–H groups in total. The predicted molar refractivity (Wildman–Crippen MR) is 94.5 cm³/mol. The zero-order valence-electron chi connectivity index (χ0n) is 10.6. The highest BCUT2D eigenvalue weighted by Crippen LogP contribution is 2.30. The summed E-state index contributed by atoms with van der Waals surface area (Å²) >= 11 is 15.7. The first kappa shape index (κ1) is 16.1. The number of thiophene rings is 1. The molecule has 20 heavy (non-hydrogen) atoms. The van der Waals surface area contributed by atoms with E-state index in [1.165, 1.54) is 11.3 Å². The van der Waals surface area contributed by atoms with Crippen molar-refractivity contribution in [3.63, 3.8) is 0 Å². The van der Waals surface area contributed by atoms with Gasteiger partial charge in [-0.1, -0.05) is 57.9 Å². The van der Waals surface area contributed by atoms with E-state index in [-0.39, 0.29) is 9.83 Å². The van der Waals surface area contributed by atoms with E-state index in [0.29, 0.717) is 16.6 Å². The fourth-order valence-corrected chi connectivity index (χ4v) is 3.73. The Kier molecular flexibility index (Phi) is 5.72. The Morgan fingerprint density at radius 3 is 2.70 bits per heavy atom. The maximum Gasteiger partial charge on any atom is 0.263 e. The molecule has 0 spiro atoms. The normalized spacial score (nSPS) is 12.2. The highest BCUT2D eigenvalue weighted by atomic mass is 127. The van der Waals surface area contributed by atoms with Gasteiger partial charge in [-0.25, -0.2) is 0 Å². The quantitative estimate of drug-likeness (QED) is 0.467. The van der Waals surface area contributed by atoms with Crippen molar-refractivity contribution in [2.24, 2.45) is 0 Å². The summed E-state index contributed by atoms with van der Waals surface area (Å²) in [7, 11) is 1.81. The van der Waals surface area contributed by atoms with Crippen LogP contribution in [0, 0.1) is 0 Å². The molecule has 6 heteroatoms. The van der Waals surface area contributed by atoms with Gasteiger partial charge in [-0.05, 0) is 29.1 Å². The van der Waals surface area contributed by atoms with Crippen molar-refractivity contribution in [3.05, 3.63) is 56.2 Å². The lowest BCUT2D eigenvalue weighted by atomic mass is 10.1. The first-order valence-electron chi connectivity index (χ1n) is 5.87. The van der Waals surface area contributed by atoms with Crippen molar-refractivity contribution in [3.8, 4) is 0 Å². The topological polar surface area (TPSA) is 20.3 Å². The average molecular weight is 440 g/mol. The molecule has 1 atom stereocenters. The van der Waals surface area contributed by atoms with Crippen LogP contribution in [0.1, 0.15) is 19.2 Å². The highest BCUT2D eigenvalue weighted by Gasteiger charge is 2.17. The number of alkyl halides is 1. The van der Waals surface area contributed by atoms with Crippen LogP contribution in [-0.4, -0.2) is 24.4 Å². The van der Waals surface area contributed by atoms with E-state index in [4.69, 9.17) is 23.2 Å². The van der Waals surface area contributed by atoms with Gasteiger partial charge in [0.25, 0.3) is 5.91 Å². The standard InChI is InChI=1S/C14H12Cl2INOS/c1-18(14(19)13-3-2-6-20-13)8-12(17)9-4-5-10(15)11(16)7-9/h2-7,12H,8H2,1H3. The van der Waals surface area contributed by atoms with Gasteiger partial charge >= 0.3 is 0 Å². The first-order valence-corrected chi connectivity index (χ1v) is 8.75. The molecule has 106 valence electrons. The SMILES string of the molecule is CN(CC(I)c1ccc(Cl)c(Cl)c1)C(=O)c1cccs1. The van der Waals surface area contributed by atoms with Gasteiger partial charge in [-0.3, -0.25) is 4.79 Å². The summed E-state index contributed by atoms with van der Waals surface area (Å²) in [5.41, 5.74) is 1.06. The maximum atomic E-state index is 12.2. The number of nitrogens with zero attached hydrogens (tertiary/aromatic N) is 1. The zero-order valence-corrected chi connectivity index (χ0v) is 15.1. The minimum Gasteiger partial charge on any atom is -0.340 e. The lowest BCUT2D eigenvalue weighted by Gasteiger charge is -2.20. The Morgan fingerprint density at radius 1 is 1.35 bits per heavy atom. The molecule has 0 aliphatic heterocycles. The summed E-state index contributed by atoms with van der Waals surface area (Å²) in [6.45, 7) is 0.620. The van der Waals surface area contributed by atoms with Gasteiger partial charge in [0.1, 0.15) is 0 Å². The summed E-state index contributed by atoms with van der Waals surface area (Å²) in [4.78, 5) is 14.7. The van der Waals surface area contributed by atoms with Crippen LogP contribution in [0.15, 0.2) is 35.7 Å². The summed E-state index contributed by atoms with van der Waals surface area (Å²) in [6.07, 6.45) is 0. The number of amides is 1. The molecule has 2 aromatic rings. The van der Waals surface area contributed by atoms with Crippen molar-refractivity contribution in [1.82, 2.24) is 4.90 Å². The minimum absolute atomic E-state index is 0.0433. The lowest BCUT2D eigenvalue weighted by Crippen LogP contribution is -2.29. The second-order valence-corrected chi connectivity index (χ2v) is 7.57. The Labute approximate surface area is 145 Å². The molecule has 0 aliphatic carbocycles. The van der Waals surface area contributed by atoms with E-state index < -0.39 is 0 Å². The van der Waals surface area contributed by atoms with Crippen molar-refractivity contribution in [2.75, 3.05) is 13.6 Å². The summed E-state index contributed by atoms with van der Waals surface area (Å²) < 4.78 is 0.163. The zero-order chi connectivity index (χ0) is 14.7. The van der Waals surface area contributed by atoms with Crippen molar-refractivity contribution >= 4 is 63.0 Å². The van der Waals surface area contributed by atoms with Crippen LogP contribution in [0.4, 0.5) is 0 Å². The molecule has 1 aromatic carbocycles. The Morgan fingerprint density at radius 2 is 2.10 bits per heavy atom. The molecule has 0 saturated heterocycles. The van der Waals surface area contributed by atoms with Crippen molar-refractivity contribution in [1.29, 1.82) is 0 Å². The lowest BCUT2D eigenvalue weighted by molar-refractivity contribution is 0.0802. The van der Waals surface area contributed by atoms with Crippen LogP contribution in [0.2, 0.25) is 10.0 Å². The number of halogens is 3. The Bertz CT molecular complexity index is 603. The first-order chi connectivity index (χ1) is 9.49. The molecule has 2 nitrogen and oxygen atoms in total. The number of benzene rings is 1. The average Bonchev–Trinajstić information content (AvgIpc) is 2.94. The molecule has 1 aromatic heterocycles. The van der Waals surface area contributed by atoms with Crippen LogP contribution in [-0.2, 0) is 0 Å². The van der Waals surface area contributed by atoms with Crippen LogP contribution in [0.3, 0.4) is 0 Å². The van der Waals surface area contributed by atoms with E-state index in [1.807, 2.05) is 36.7 Å². The summed E-state index contributed by atoms with van der Waals surface area (Å²) in [6, 6.07) is 9.29. The van der Waals surface area contributed by atoms with Crippen LogP contribution < -0.4 is 0 Å². The van der Waals surface area contributed by atoms with Crippen LogP contribution in [0.25, 0.3) is 0 Å². The number of carbonyl (C=O) groups excluding carboxylic acids is 1. The van der Waals surface area contributed by atoms with Gasteiger partial charge in [0, 0.05) is 13.6 Å². The largest absolute Gasteiger partial charge is 0.340 e. The number of rotatable bonds is 4. The van der Waals surface area contributed by atoms with E-state index in [2.05, 4.69) is 22.6 Å². The molecule has 1 unspecified atom stereocenters. The van der Waals surface area contributed by atoms with E-state index >= 15 is 0 Å². The molecule has 1 heterocycles. The summed E-state index contributed by atoms with van der Waals surface area (Å²) in [5.74, 6) is 0.0433. The fourth-order valence-electron chi connectivity index (χ4n) is 1.72. The van der Waals surface area contributed by atoms with Crippen molar-refractivity contribution in [2.45, 2.75) is 3.92 Å². The monoisotopic (exact) mass is 439 g/mol. The third-order valence-corrected chi connectivity index (χ3v) is 5.53. The molecular weight excluding hydrogens is 428 g/mol. The van der Waals surface area contributed by atoms with E-state index in [1.54, 1.807) is 11.0 Å². The highest BCUT2D eigenvalue weighted by molar-refractivity contribution is 14.1. The van der Waals surface area contributed by atoms with Crippen LogP contribution in [0.5, 0.6) is 0 Å². The van der Waals surface area contributed by atoms with Gasteiger partial charge in [0.05, 0.1) is 18.8 Å². The number of hydrogen-bond donors (Lipinski definition) is 0. The molecule has 0 bridgehead atoms. The second-order valence-electron chi connectivity index (χ2n) is 4.30. The van der Waals surface area contributed by atoms with E-state index in [9.17, 15) is 4.79 Å². The molecular formula is C14H12Cl2INOS. The Balaban J connectivity index is 2.05. The van der Waals surface area contributed by atoms with E-state index in [0.717, 1.165) is 10.4 Å². The fraction of sp³-hybridized carbons (Fsp3) is 0.214. The van der Waals surface area contributed by atoms with Crippen molar-refractivity contribution < 1.29 is 4.79 Å². The molecule has 1 amide bonds. The molecule has 2 rings (SSSR count). The predicted octanol–water partition coefficient (Wildman–Crippen LogP) is 5.30. The third-order valence-electron chi connectivity index (χ3n) is 2.82. The van der Waals surface area contributed by atoms with Gasteiger partial charge < -0.3 is 4.90 Å². The number of hydrogen-bond acceptors (Lipinski definition) is 2. The summed E-state index contributed by atoms with van der Waals surface area (Å²) in [5, 5.41) is 2.99. The number of carbonyl (C=O) groups is 1. The smallest absolute Gasteiger partial charge is 0.263 e. The molecule has 0 aliphatic rings. The minimum atomic E-state index is 0.0433. The van der Waals surface area contributed by atoms with Gasteiger partial charge in [0.2, 0.25) is 0 Å². The van der Waals surface area contributed by atoms with Gasteiger partial charge in [-0.2, -0.15) is 0 Å². The van der Waals surface area contributed by atoms with Gasteiger partial charge in [0.15, 0.2) is 0 Å². The Hall–Kier alpha value is -0.300. The molecule has 0 fully saturated rings. The molecule has 0 saturated carbocycles.